The Bertz CT molecular complexity index is 2280. The van der Waals surface area contributed by atoms with Gasteiger partial charge in [0.1, 0.15) is 19.8 Å². The van der Waals surface area contributed by atoms with Crippen molar-refractivity contribution in [1.29, 1.82) is 0 Å². The van der Waals surface area contributed by atoms with E-state index >= 15 is 0 Å². The Kier molecular flexibility index (Phi) is 79.7. The van der Waals surface area contributed by atoms with Gasteiger partial charge < -0.3 is 18.9 Å². The number of carbonyl (C=O) groups is 2. The molecule has 0 saturated heterocycles. The van der Waals surface area contributed by atoms with Crippen molar-refractivity contribution in [3.63, 3.8) is 0 Å². The van der Waals surface area contributed by atoms with Crippen LogP contribution >= 0.6 is 7.82 Å². The Morgan fingerprint density at radius 1 is 0.308 bits per heavy atom. The molecule has 0 saturated carbocycles. The van der Waals surface area contributed by atoms with Crippen LogP contribution in [0, 0.1) is 0 Å². The fourth-order valence-corrected chi connectivity index (χ4v) is 13.0. The van der Waals surface area contributed by atoms with Gasteiger partial charge in [-0.3, -0.25) is 18.6 Å². The van der Waals surface area contributed by atoms with Crippen molar-refractivity contribution in [3.05, 3.63) is 146 Å². The van der Waals surface area contributed by atoms with Crippen molar-refractivity contribution >= 4 is 19.8 Å². The normalized spacial score (nSPS) is 13.7. The highest BCUT2D eigenvalue weighted by Gasteiger charge is 2.27. The van der Waals surface area contributed by atoms with E-state index in [9.17, 15) is 19.0 Å². The van der Waals surface area contributed by atoms with Gasteiger partial charge in [-0.1, -0.05) is 417 Å². The number of nitrogens with zero attached hydrogens (tertiary/aromatic N) is 1. The summed E-state index contributed by atoms with van der Waals surface area (Å²) in [7, 11) is 1.44. The summed E-state index contributed by atoms with van der Waals surface area (Å²) >= 11 is 0. The first kappa shape index (κ1) is 99.9. The lowest BCUT2D eigenvalue weighted by molar-refractivity contribution is -0.870. The lowest BCUT2D eigenvalue weighted by Gasteiger charge is -2.24. The summed E-state index contributed by atoms with van der Waals surface area (Å²) in [6.45, 7) is 4.30. The number of unbranched alkanes of at least 4 members (excludes halogenated alkanes) is 42. The molecule has 0 aliphatic heterocycles. The molecule has 598 valence electrons. The largest absolute Gasteiger partial charge is 0.472 e. The molecule has 2 atom stereocenters. The van der Waals surface area contributed by atoms with Gasteiger partial charge in [-0.15, -0.1) is 0 Å². The van der Waals surface area contributed by atoms with E-state index in [0.717, 1.165) is 109 Å². The second kappa shape index (κ2) is 82.9. The van der Waals surface area contributed by atoms with Crippen LogP contribution in [0.3, 0.4) is 0 Å². The highest BCUT2D eigenvalue weighted by atomic mass is 31.2. The van der Waals surface area contributed by atoms with Crippen LogP contribution in [-0.4, -0.2) is 74.9 Å². The van der Waals surface area contributed by atoms with Crippen molar-refractivity contribution in [2.45, 2.75) is 392 Å². The van der Waals surface area contributed by atoms with Crippen molar-refractivity contribution in [2.24, 2.45) is 0 Å². The predicted octanol–water partition coefficient (Wildman–Crippen LogP) is 29.6. The highest BCUT2D eigenvalue weighted by molar-refractivity contribution is 7.47. The molecule has 0 fully saturated rings. The van der Waals surface area contributed by atoms with Gasteiger partial charge >= 0.3 is 19.8 Å². The Hall–Kier alpha value is -4.11. The molecule has 0 aliphatic rings. The Balaban J connectivity index is 4.01. The van der Waals surface area contributed by atoms with Crippen molar-refractivity contribution in [1.82, 2.24) is 0 Å². The predicted molar refractivity (Wildman–Crippen MR) is 454 cm³/mol. The number of esters is 2. The zero-order chi connectivity index (χ0) is 75.4. The first-order valence-corrected chi connectivity index (χ1v) is 45.1. The van der Waals surface area contributed by atoms with E-state index in [1.54, 1.807) is 0 Å². The van der Waals surface area contributed by atoms with Crippen molar-refractivity contribution < 1.29 is 42.1 Å². The molecule has 104 heavy (non-hydrogen) atoms. The number of phosphoric ester groups is 1. The fraction of sp³-hybridized carbons (Fsp3) is 0.723. The summed E-state index contributed by atoms with van der Waals surface area (Å²) in [6, 6.07) is 0. The topological polar surface area (TPSA) is 108 Å². The molecule has 0 spiro atoms. The van der Waals surface area contributed by atoms with E-state index in [1.165, 1.54) is 244 Å². The molecule has 0 aromatic carbocycles. The number of allylic oxidation sites excluding steroid dienone is 24. The number of hydrogen-bond acceptors (Lipinski definition) is 7. The molecule has 0 radical (unpaired) electrons. The minimum atomic E-state index is -4.42. The monoisotopic (exact) mass is 1470 g/mol. The van der Waals surface area contributed by atoms with Gasteiger partial charge in [0.15, 0.2) is 6.10 Å². The van der Waals surface area contributed by atoms with E-state index in [2.05, 4.69) is 160 Å². The van der Waals surface area contributed by atoms with Crippen LogP contribution in [0.4, 0.5) is 0 Å². The van der Waals surface area contributed by atoms with Gasteiger partial charge in [0.25, 0.3) is 0 Å². The molecule has 2 unspecified atom stereocenters. The summed E-state index contributed by atoms with van der Waals surface area (Å²) in [6.07, 6.45) is 123. The summed E-state index contributed by atoms with van der Waals surface area (Å²) in [5.74, 6) is -0.844. The Labute approximate surface area is 643 Å². The Morgan fingerprint density at radius 3 is 0.817 bits per heavy atom. The van der Waals surface area contributed by atoms with E-state index in [-0.39, 0.29) is 32.0 Å². The molecule has 1 N–H and O–H groups in total. The molecule has 0 bridgehead atoms. The molecule has 0 amide bonds. The maximum Gasteiger partial charge on any atom is 0.472 e. The quantitative estimate of drug-likeness (QED) is 0.0211. The minimum absolute atomic E-state index is 0.0173. The van der Waals surface area contributed by atoms with Gasteiger partial charge in [-0.2, -0.15) is 0 Å². The SMILES string of the molecule is CC/C=C\C/C=C\C/C=C\C/C=C\C/C=C\C/C=C\C/C=C\C/C=C\C/C=C\C/C=C\C/C=C\C/C=C\CCCCC(=O)OC(COC(=O)CCCCCCCCCCCCCCCCCCCCCCCCCCCCCCCCCCCCCCCCCCC)COP(=O)(O)OCC[N+](C)(C)C. The van der Waals surface area contributed by atoms with E-state index < -0.39 is 26.5 Å². The summed E-state index contributed by atoms with van der Waals surface area (Å²) in [5.41, 5.74) is 0. The molecule has 0 aromatic rings. The Morgan fingerprint density at radius 2 is 0.548 bits per heavy atom. The van der Waals surface area contributed by atoms with Gasteiger partial charge in [-0.25, -0.2) is 4.57 Å². The number of phosphoric acid groups is 1. The van der Waals surface area contributed by atoms with Gasteiger partial charge in [-0.05, 0) is 103 Å². The summed E-state index contributed by atoms with van der Waals surface area (Å²) in [5, 5.41) is 0. The second-order valence-electron chi connectivity index (χ2n) is 30.2. The first-order valence-electron chi connectivity index (χ1n) is 43.6. The first-order chi connectivity index (χ1) is 51.0. The molecule has 0 heterocycles. The van der Waals surface area contributed by atoms with E-state index in [1.807, 2.05) is 21.1 Å². The van der Waals surface area contributed by atoms with Crippen LogP contribution in [0.2, 0.25) is 0 Å². The van der Waals surface area contributed by atoms with Crippen LogP contribution < -0.4 is 0 Å². The molecular formula is C94H165NO8P+. The van der Waals surface area contributed by atoms with Crippen LogP contribution in [0.15, 0.2) is 146 Å². The minimum Gasteiger partial charge on any atom is -0.462 e. The fourth-order valence-electron chi connectivity index (χ4n) is 12.3. The van der Waals surface area contributed by atoms with Gasteiger partial charge in [0, 0.05) is 12.8 Å². The van der Waals surface area contributed by atoms with Crippen molar-refractivity contribution in [3.8, 4) is 0 Å². The zero-order valence-electron chi connectivity index (χ0n) is 68.5. The number of carbonyl (C=O) groups excluding carboxylic acids is 2. The summed E-state index contributed by atoms with van der Waals surface area (Å²) in [4.78, 5) is 36.0. The third kappa shape index (κ3) is 86.8. The highest BCUT2D eigenvalue weighted by Crippen LogP contribution is 2.43. The number of likely N-dealkylation sites (N-methyl/N-ethyl adjacent to an activating group) is 1. The molecule has 0 aromatic heterocycles. The third-order valence-corrected chi connectivity index (χ3v) is 19.9. The average molecular weight is 1470 g/mol. The number of rotatable bonds is 80. The van der Waals surface area contributed by atoms with E-state index in [4.69, 9.17) is 18.5 Å². The zero-order valence-corrected chi connectivity index (χ0v) is 69.4. The number of hydrogen-bond donors (Lipinski definition) is 1. The van der Waals surface area contributed by atoms with Crippen molar-refractivity contribution in [2.75, 3.05) is 47.5 Å². The second-order valence-corrected chi connectivity index (χ2v) is 31.7. The maximum atomic E-state index is 12.9. The molecule has 9 nitrogen and oxygen atoms in total. The molecule has 10 heteroatoms. The number of quaternary nitrogens is 1. The number of ether oxygens (including phenoxy) is 2. The molecular weight excluding hydrogens is 1300 g/mol. The van der Waals surface area contributed by atoms with Gasteiger partial charge in [0.2, 0.25) is 0 Å². The maximum absolute atomic E-state index is 12.9. The smallest absolute Gasteiger partial charge is 0.462 e. The molecule has 0 rings (SSSR count). The average Bonchev–Trinajstić information content (AvgIpc) is 0.915. The molecule has 0 aliphatic carbocycles. The third-order valence-electron chi connectivity index (χ3n) is 18.9. The van der Waals surface area contributed by atoms with Crippen LogP contribution in [0.5, 0.6) is 0 Å². The van der Waals surface area contributed by atoms with E-state index in [0.29, 0.717) is 17.4 Å². The standard InChI is InChI=1S/C94H164NO8P/c1-6-8-10-12-14-16-18-20-22-24-26-28-30-32-34-36-38-40-42-44-46-47-49-50-52-54-56-58-60-62-64-66-68-70-72-74-76-78-80-82-84-86-93(96)100-90-92(91-102-104(98,99)101-89-88-95(3,4)5)103-94(97)87-85-83-81-79-77-75-73-71-69-67-65-63-61-59-57-55-53-51-48-45-43-41-39-37-35-33-31-29-27-25-23-21-19-17-15-13-11-9-7-2/h9,11,15,17,21,23,27,29,33,35,39,41,45,48,53,55,59,61,65,67,71,73,77,79,92H,6-8,10,12-14,16,18-20,22,24-26,28,30-32,34,36-38,40,42-44,46-47,49-52,54,56-58,60,62-64,66,68-70,72,74-76,78,80-91H2,1-5H3/p+1/b11-9-,17-15-,23-21-,29-27-,35-33-,41-39-,48-45-,55-53-,61-59-,67-65-,73-71-,79-77-. The van der Waals surface area contributed by atoms with Crippen LogP contribution in [0.25, 0.3) is 0 Å². The van der Waals surface area contributed by atoms with Gasteiger partial charge in [0.05, 0.1) is 27.7 Å². The lowest BCUT2D eigenvalue weighted by Crippen LogP contribution is -2.37. The van der Waals surface area contributed by atoms with Crippen LogP contribution in [-0.2, 0) is 32.7 Å². The van der Waals surface area contributed by atoms with Crippen LogP contribution in [0.1, 0.15) is 386 Å². The lowest BCUT2D eigenvalue weighted by atomic mass is 10.0. The summed E-state index contributed by atoms with van der Waals surface area (Å²) < 4.78 is 34.8.